The SMILES string of the molecule is CN1C(C)(C)CC(NC(=O)c2ccc(-c3cc(-c4cccc(C(F)(F)F)c4)n[nH]3)cc2)CC1(C)C. The second-order valence-electron chi connectivity index (χ2n) is 10.6. The van der Waals surface area contributed by atoms with Gasteiger partial charge in [-0.15, -0.1) is 0 Å². The number of aromatic nitrogens is 2. The minimum absolute atomic E-state index is 0.0263. The number of likely N-dealkylation sites (tertiary alicyclic amines) is 1. The second-order valence-corrected chi connectivity index (χ2v) is 10.6. The van der Waals surface area contributed by atoms with Crippen LogP contribution in [0.1, 0.15) is 56.5 Å². The largest absolute Gasteiger partial charge is 0.416 e. The predicted octanol–water partition coefficient (Wildman–Crippen LogP) is 6.14. The van der Waals surface area contributed by atoms with E-state index in [9.17, 15) is 18.0 Å². The van der Waals surface area contributed by atoms with E-state index >= 15 is 0 Å². The number of benzene rings is 2. The third kappa shape index (κ3) is 5.27. The lowest BCUT2D eigenvalue weighted by molar-refractivity contribution is -0.137. The lowest BCUT2D eigenvalue weighted by Crippen LogP contribution is -2.62. The third-order valence-corrected chi connectivity index (χ3v) is 7.16. The molecule has 1 aromatic heterocycles. The number of carbonyl (C=O) groups excluding carboxylic acids is 1. The van der Waals surface area contributed by atoms with Crippen molar-refractivity contribution in [1.82, 2.24) is 20.4 Å². The molecule has 1 amide bonds. The monoisotopic (exact) mass is 484 g/mol. The number of amides is 1. The molecule has 3 aromatic rings. The van der Waals surface area contributed by atoms with Gasteiger partial charge in [0.2, 0.25) is 0 Å². The number of carbonyl (C=O) groups is 1. The van der Waals surface area contributed by atoms with Crippen LogP contribution in [0.5, 0.6) is 0 Å². The number of alkyl halides is 3. The number of hydrogen-bond acceptors (Lipinski definition) is 3. The molecule has 1 saturated heterocycles. The molecule has 0 radical (unpaired) electrons. The van der Waals surface area contributed by atoms with Gasteiger partial charge in [0.1, 0.15) is 0 Å². The van der Waals surface area contributed by atoms with Crippen LogP contribution < -0.4 is 5.32 Å². The van der Waals surface area contributed by atoms with Crippen LogP contribution in [0.3, 0.4) is 0 Å². The summed E-state index contributed by atoms with van der Waals surface area (Å²) in [4.78, 5) is 15.3. The second kappa shape index (κ2) is 8.82. The maximum absolute atomic E-state index is 13.0. The van der Waals surface area contributed by atoms with Crippen molar-refractivity contribution in [3.8, 4) is 22.5 Å². The number of rotatable bonds is 4. The number of halogens is 3. The molecule has 2 aromatic carbocycles. The number of H-pyrrole nitrogens is 1. The van der Waals surface area contributed by atoms with Gasteiger partial charge in [0.05, 0.1) is 17.0 Å². The molecule has 8 heteroatoms. The highest BCUT2D eigenvalue weighted by Gasteiger charge is 2.43. The number of hydrogen-bond donors (Lipinski definition) is 2. The molecule has 4 rings (SSSR count). The van der Waals surface area contributed by atoms with Gasteiger partial charge in [0.15, 0.2) is 0 Å². The maximum atomic E-state index is 13.0. The summed E-state index contributed by atoms with van der Waals surface area (Å²) >= 11 is 0. The van der Waals surface area contributed by atoms with Crippen LogP contribution >= 0.6 is 0 Å². The van der Waals surface area contributed by atoms with Crippen molar-refractivity contribution >= 4 is 5.91 Å². The van der Waals surface area contributed by atoms with Gasteiger partial charge >= 0.3 is 6.18 Å². The molecule has 1 fully saturated rings. The van der Waals surface area contributed by atoms with Crippen LogP contribution in [0.15, 0.2) is 54.6 Å². The summed E-state index contributed by atoms with van der Waals surface area (Å²) in [5.41, 5.74) is 2.02. The molecule has 0 saturated carbocycles. The first-order valence-electron chi connectivity index (χ1n) is 11.6. The summed E-state index contributed by atoms with van der Waals surface area (Å²) in [6, 6.07) is 14.0. The number of nitrogens with one attached hydrogen (secondary N) is 2. The quantitative estimate of drug-likeness (QED) is 0.467. The van der Waals surface area contributed by atoms with E-state index in [1.807, 2.05) is 0 Å². The summed E-state index contributed by atoms with van der Waals surface area (Å²) in [5, 5.41) is 10.2. The van der Waals surface area contributed by atoms with Crippen molar-refractivity contribution in [2.75, 3.05) is 7.05 Å². The zero-order chi connectivity index (χ0) is 25.6. The molecule has 0 atom stereocenters. The number of piperidine rings is 1. The third-order valence-electron chi connectivity index (χ3n) is 7.16. The molecule has 0 aliphatic carbocycles. The maximum Gasteiger partial charge on any atom is 0.416 e. The van der Waals surface area contributed by atoms with E-state index in [1.165, 1.54) is 6.07 Å². The van der Waals surface area contributed by atoms with Gasteiger partial charge < -0.3 is 5.32 Å². The Labute approximate surface area is 203 Å². The summed E-state index contributed by atoms with van der Waals surface area (Å²) < 4.78 is 39.1. The lowest BCUT2D eigenvalue weighted by Gasteiger charge is -2.53. The van der Waals surface area contributed by atoms with E-state index in [2.05, 4.69) is 55.2 Å². The van der Waals surface area contributed by atoms with Crippen molar-refractivity contribution in [3.05, 3.63) is 65.7 Å². The van der Waals surface area contributed by atoms with Crippen molar-refractivity contribution in [1.29, 1.82) is 0 Å². The Morgan fingerprint density at radius 2 is 1.63 bits per heavy atom. The van der Waals surface area contributed by atoms with E-state index in [1.54, 1.807) is 36.4 Å². The van der Waals surface area contributed by atoms with Gasteiger partial charge in [-0.1, -0.05) is 24.3 Å². The molecule has 0 spiro atoms. The molecule has 2 heterocycles. The zero-order valence-electron chi connectivity index (χ0n) is 20.6. The van der Waals surface area contributed by atoms with Crippen molar-refractivity contribution in [3.63, 3.8) is 0 Å². The van der Waals surface area contributed by atoms with Crippen LogP contribution in [0.2, 0.25) is 0 Å². The highest BCUT2D eigenvalue weighted by Crippen LogP contribution is 2.37. The Morgan fingerprint density at radius 3 is 2.23 bits per heavy atom. The Bertz CT molecular complexity index is 1190. The molecule has 1 aliphatic rings. The van der Waals surface area contributed by atoms with E-state index in [0.717, 1.165) is 30.5 Å². The van der Waals surface area contributed by atoms with Crippen molar-refractivity contribution in [2.24, 2.45) is 0 Å². The molecule has 2 N–H and O–H groups in total. The van der Waals surface area contributed by atoms with Gasteiger partial charge in [0, 0.05) is 28.2 Å². The fourth-order valence-corrected chi connectivity index (χ4v) is 5.02. The zero-order valence-corrected chi connectivity index (χ0v) is 20.6. The summed E-state index contributed by atoms with van der Waals surface area (Å²) in [6.07, 6.45) is -2.68. The molecule has 5 nitrogen and oxygen atoms in total. The molecular weight excluding hydrogens is 453 g/mol. The first-order chi connectivity index (χ1) is 16.3. The number of aromatic amines is 1. The molecule has 0 bridgehead atoms. The van der Waals surface area contributed by atoms with Gasteiger partial charge in [-0.05, 0) is 83.5 Å². The van der Waals surface area contributed by atoms with Crippen LogP contribution in [-0.4, -0.2) is 45.2 Å². The normalized spacial score (nSPS) is 18.4. The van der Waals surface area contributed by atoms with Gasteiger partial charge in [-0.2, -0.15) is 18.3 Å². The highest BCUT2D eigenvalue weighted by molar-refractivity contribution is 5.94. The van der Waals surface area contributed by atoms with Crippen molar-refractivity contribution < 1.29 is 18.0 Å². The first kappa shape index (κ1) is 25.0. The minimum atomic E-state index is -4.41. The Morgan fingerprint density at radius 1 is 1.00 bits per heavy atom. The molecular formula is C27H31F3N4O. The summed E-state index contributed by atoms with van der Waals surface area (Å²) in [7, 11) is 2.13. The van der Waals surface area contributed by atoms with E-state index in [0.29, 0.717) is 22.5 Å². The van der Waals surface area contributed by atoms with E-state index in [-0.39, 0.29) is 23.0 Å². The first-order valence-corrected chi connectivity index (χ1v) is 11.6. The topological polar surface area (TPSA) is 61.0 Å². The van der Waals surface area contributed by atoms with Gasteiger partial charge in [-0.3, -0.25) is 14.8 Å². The predicted molar refractivity (Wildman–Crippen MR) is 131 cm³/mol. The molecule has 0 unspecified atom stereocenters. The van der Waals surface area contributed by atoms with E-state index in [4.69, 9.17) is 0 Å². The lowest BCUT2D eigenvalue weighted by atomic mass is 9.77. The Balaban J connectivity index is 1.46. The van der Waals surface area contributed by atoms with Crippen LogP contribution in [0.25, 0.3) is 22.5 Å². The Hall–Kier alpha value is -3.13. The molecule has 35 heavy (non-hydrogen) atoms. The van der Waals surface area contributed by atoms with Gasteiger partial charge in [-0.25, -0.2) is 0 Å². The minimum Gasteiger partial charge on any atom is -0.349 e. The summed E-state index contributed by atoms with van der Waals surface area (Å²) in [6.45, 7) is 8.78. The Kier molecular flexibility index (Phi) is 6.30. The van der Waals surface area contributed by atoms with Crippen LogP contribution in [-0.2, 0) is 6.18 Å². The molecule has 186 valence electrons. The standard InChI is InChI=1S/C27H31F3N4O/c1-25(2)15-21(16-26(3,4)34(25)5)31-24(35)18-11-9-17(10-12-18)22-14-23(33-32-22)19-7-6-8-20(13-19)27(28,29)30/h6-14,21H,15-16H2,1-5H3,(H,31,35)(H,32,33). The van der Waals surface area contributed by atoms with E-state index < -0.39 is 11.7 Å². The highest BCUT2D eigenvalue weighted by atomic mass is 19.4. The molecule has 1 aliphatic heterocycles. The fraction of sp³-hybridized carbons (Fsp3) is 0.407. The smallest absolute Gasteiger partial charge is 0.349 e. The van der Waals surface area contributed by atoms with Crippen LogP contribution in [0.4, 0.5) is 13.2 Å². The van der Waals surface area contributed by atoms with Crippen molar-refractivity contribution in [2.45, 2.75) is 63.8 Å². The average molecular weight is 485 g/mol. The van der Waals surface area contributed by atoms with Crippen LogP contribution in [0, 0.1) is 0 Å². The number of nitrogens with zero attached hydrogens (tertiary/aromatic N) is 2. The summed E-state index contributed by atoms with van der Waals surface area (Å²) in [5.74, 6) is -0.119. The average Bonchev–Trinajstić information content (AvgIpc) is 3.27. The fourth-order valence-electron chi connectivity index (χ4n) is 5.02. The van der Waals surface area contributed by atoms with Gasteiger partial charge in [0.25, 0.3) is 5.91 Å².